The standard InChI is InChI=1S/C29H33F2N7O4/c1-4-12-32-26(39)18-11-10-16(2)19(14-18)23-20-15-34-28(40)38(24-21(30)8-5-9-22(24)31)25(20)37-27(36-23)33-13-6-7-17(3)35-29(41)42/h5,8-11,14,17,35H,4,6-7,12-13,15H2,1-3H3,(H,32,39)(H,34,40)(H,41,42)(H,33,36,37). The number of hydrogen-bond donors (Lipinski definition) is 5. The molecule has 0 saturated carbocycles. The maximum absolute atomic E-state index is 14.9. The van der Waals surface area contributed by atoms with Gasteiger partial charge in [-0.2, -0.15) is 4.98 Å². The number of para-hydroxylation sites is 1. The second-order valence-corrected chi connectivity index (χ2v) is 9.97. The summed E-state index contributed by atoms with van der Waals surface area (Å²) in [7, 11) is 0. The number of fused-ring (bicyclic) bond motifs is 1. The number of halogens is 2. The Morgan fingerprint density at radius 2 is 1.88 bits per heavy atom. The van der Waals surface area contributed by atoms with Crippen LogP contribution in [0, 0.1) is 18.6 Å². The van der Waals surface area contributed by atoms with Crippen molar-refractivity contribution in [2.45, 2.75) is 52.6 Å². The molecule has 4 amide bonds. The lowest BCUT2D eigenvalue weighted by molar-refractivity contribution is 0.0953. The minimum absolute atomic E-state index is 0.00333. The maximum Gasteiger partial charge on any atom is 0.404 e. The van der Waals surface area contributed by atoms with Gasteiger partial charge in [-0.3, -0.25) is 4.79 Å². The van der Waals surface area contributed by atoms with Crippen molar-refractivity contribution in [1.82, 2.24) is 25.9 Å². The smallest absolute Gasteiger partial charge is 0.404 e. The minimum atomic E-state index is -1.11. The van der Waals surface area contributed by atoms with Gasteiger partial charge in [0, 0.05) is 35.8 Å². The monoisotopic (exact) mass is 581 g/mol. The van der Waals surface area contributed by atoms with Crippen LogP contribution in [-0.4, -0.2) is 52.2 Å². The van der Waals surface area contributed by atoms with Gasteiger partial charge in [-0.05, 0) is 62.9 Å². The van der Waals surface area contributed by atoms with Crippen LogP contribution >= 0.6 is 0 Å². The SMILES string of the molecule is CCCNC(=O)c1ccc(C)c(-c2nc(NCCCC(C)NC(=O)O)nc3c2CNC(=O)N3c2c(F)cccc2F)c1. The molecule has 13 heteroatoms. The van der Waals surface area contributed by atoms with Gasteiger partial charge in [0.2, 0.25) is 5.95 Å². The lowest BCUT2D eigenvalue weighted by Crippen LogP contribution is -2.43. The summed E-state index contributed by atoms with van der Waals surface area (Å²) in [6.07, 6.45) is 0.736. The number of nitrogens with zero attached hydrogens (tertiary/aromatic N) is 3. The zero-order valence-corrected chi connectivity index (χ0v) is 23.6. The molecule has 0 bridgehead atoms. The molecule has 0 fully saturated rings. The van der Waals surface area contributed by atoms with E-state index < -0.39 is 29.4 Å². The van der Waals surface area contributed by atoms with Crippen LogP contribution in [0.1, 0.15) is 54.6 Å². The molecule has 42 heavy (non-hydrogen) atoms. The van der Waals surface area contributed by atoms with Crippen LogP contribution in [0.3, 0.4) is 0 Å². The Balaban J connectivity index is 1.80. The first kappa shape index (κ1) is 30.2. The van der Waals surface area contributed by atoms with E-state index in [1.165, 1.54) is 6.07 Å². The van der Waals surface area contributed by atoms with Crippen LogP contribution in [-0.2, 0) is 6.54 Å². The number of carboxylic acid groups (broad SMARTS) is 1. The predicted octanol–water partition coefficient (Wildman–Crippen LogP) is 5.08. The first-order chi connectivity index (χ1) is 20.1. The third-order valence-corrected chi connectivity index (χ3v) is 6.74. The molecular formula is C29H33F2N7O4. The Labute approximate surface area is 241 Å². The maximum atomic E-state index is 14.9. The fraction of sp³-hybridized carbons (Fsp3) is 0.345. The zero-order chi connectivity index (χ0) is 30.4. The first-order valence-electron chi connectivity index (χ1n) is 13.7. The van der Waals surface area contributed by atoms with E-state index in [2.05, 4.69) is 26.3 Å². The van der Waals surface area contributed by atoms with Crippen LogP contribution in [0.15, 0.2) is 36.4 Å². The van der Waals surface area contributed by atoms with Crippen LogP contribution < -0.4 is 26.2 Å². The topological polar surface area (TPSA) is 149 Å². The summed E-state index contributed by atoms with van der Waals surface area (Å²) >= 11 is 0. The van der Waals surface area contributed by atoms with Crippen molar-refractivity contribution in [1.29, 1.82) is 0 Å². The molecule has 0 aliphatic carbocycles. The molecule has 11 nitrogen and oxygen atoms in total. The van der Waals surface area contributed by atoms with E-state index >= 15 is 0 Å². The van der Waals surface area contributed by atoms with Crippen molar-refractivity contribution < 1.29 is 28.3 Å². The predicted molar refractivity (Wildman–Crippen MR) is 154 cm³/mol. The van der Waals surface area contributed by atoms with Crippen LogP contribution in [0.25, 0.3) is 11.3 Å². The van der Waals surface area contributed by atoms with E-state index in [1.54, 1.807) is 25.1 Å². The van der Waals surface area contributed by atoms with Crippen molar-refractivity contribution in [2.75, 3.05) is 23.3 Å². The molecule has 1 aliphatic rings. The number of aromatic nitrogens is 2. The van der Waals surface area contributed by atoms with E-state index in [1.807, 2.05) is 13.8 Å². The van der Waals surface area contributed by atoms with E-state index in [-0.39, 0.29) is 30.3 Å². The van der Waals surface area contributed by atoms with Crippen LogP contribution in [0.4, 0.5) is 35.8 Å². The molecule has 1 atom stereocenters. The van der Waals surface area contributed by atoms with Crippen LogP contribution in [0.5, 0.6) is 0 Å². The van der Waals surface area contributed by atoms with E-state index in [0.29, 0.717) is 48.3 Å². The van der Waals surface area contributed by atoms with E-state index in [9.17, 15) is 23.2 Å². The van der Waals surface area contributed by atoms with Gasteiger partial charge in [-0.1, -0.05) is 19.1 Å². The fourth-order valence-corrected chi connectivity index (χ4v) is 4.62. The number of benzene rings is 2. The average Bonchev–Trinajstić information content (AvgIpc) is 2.94. The molecule has 3 aromatic rings. The Hall–Kier alpha value is -4.81. The highest BCUT2D eigenvalue weighted by atomic mass is 19.1. The summed E-state index contributed by atoms with van der Waals surface area (Å²) < 4.78 is 29.9. The summed E-state index contributed by atoms with van der Waals surface area (Å²) in [5.41, 5.74) is 1.99. The summed E-state index contributed by atoms with van der Waals surface area (Å²) in [6, 6.07) is 7.43. The highest BCUT2D eigenvalue weighted by molar-refractivity contribution is 6.02. The molecule has 2 aromatic carbocycles. The number of hydrogen-bond acceptors (Lipinski definition) is 6. The lowest BCUT2D eigenvalue weighted by atomic mass is 9.97. The van der Waals surface area contributed by atoms with Gasteiger partial charge in [0.05, 0.1) is 12.2 Å². The van der Waals surface area contributed by atoms with Crippen molar-refractivity contribution in [3.05, 3.63) is 64.7 Å². The molecule has 0 saturated heterocycles. The summed E-state index contributed by atoms with van der Waals surface area (Å²) in [5.74, 6) is -2.06. The molecule has 1 aliphatic heterocycles. The van der Waals surface area contributed by atoms with Gasteiger partial charge < -0.3 is 26.4 Å². The highest BCUT2D eigenvalue weighted by Gasteiger charge is 2.34. The number of carbonyl (C=O) groups is 3. The first-order valence-corrected chi connectivity index (χ1v) is 13.7. The summed E-state index contributed by atoms with van der Waals surface area (Å²) in [4.78, 5) is 46.8. The molecule has 0 radical (unpaired) electrons. The fourth-order valence-electron chi connectivity index (χ4n) is 4.62. The molecule has 4 rings (SSSR count). The quantitative estimate of drug-likeness (QED) is 0.198. The number of rotatable bonds is 11. The molecule has 0 spiro atoms. The number of aryl methyl sites for hydroxylation is 1. The van der Waals surface area contributed by atoms with Gasteiger partial charge in [0.15, 0.2) is 5.82 Å². The number of urea groups is 1. The molecule has 1 unspecified atom stereocenters. The Morgan fingerprint density at radius 3 is 2.57 bits per heavy atom. The van der Waals surface area contributed by atoms with Crippen molar-refractivity contribution in [3.63, 3.8) is 0 Å². The van der Waals surface area contributed by atoms with Crippen molar-refractivity contribution in [2.24, 2.45) is 0 Å². The van der Waals surface area contributed by atoms with Crippen molar-refractivity contribution >= 4 is 35.5 Å². The highest BCUT2D eigenvalue weighted by Crippen LogP contribution is 2.39. The van der Waals surface area contributed by atoms with Gasteiger partial charge in [-0.15, -0.1) is 0 Å². The Kier molecular flexibility index (Phi) is 9.50. The molecule has 2 heterocycles. The summed E-state index contributed by atoms with van der Waals surface area (Å²) in [5, 5.41) is 19.9. The Morgan fingerprint density at radius 1 is 1.14 bits per heavy atom. The molecular weight excluding hydrogens is 548 g/mol. The lowest BCUT2D eigenvalue weighted by Gasteiger charge is -2.31. The summed E-state index contributed by atoms with van der Waals surface area (Å²) in [6.45, 7) is 6.38. The number of anilines is 3. The van der Waals surface area contributed by atoms with E-state index in [4.69, 9.17) is 10.1 Å². The second-order valence-electron chi connectivity index (χ2n) is 9.97. The number of nitrogens with one attached hydrogen (secondary N) is 4. The van der Waals surface area contributed by atoms with Gasteiger partial charge >= 0.3 is 12.1 Å². The third-order valence-electron chi connectivity index (χ3n) is 6.74. The molecule has 5 N–H and O–H groups in total. The average molecular weight is 582 g/mol. The van der Waals surface area contributed by atoms with Gasteiger partial charge in [0.1, 0.15) is 17.3 Å². The zero-order valence-electron chi connectivity index (χ0n) is 23.6. The molecule has 222 valence electrons. The van der Waals surface area contributed by atoms with Crippen molar-refractivity contribution in [3.8, 4) is 11.3 Å². The third kappa shape index (κ3) is 6.73. The number of amides is 4. The second kappa shape index (κ2) is 13.2. The van der Waals surface area contributed by atoms with Gasteiger partial charge in [0.25, 0.3) is 5.91 Å². The van der Waals surface area contributed by atoms with Crippen LogP contribution in [0.2, 0.25) is 0 Å². The van der Waals surface area contributed by atoms with Gasteiger partial charge in [-0.25, -0.2) is 28.3 Å². The number of carbonyl (C=O) groups excluding carboxylic acids is 2. The normalized spacial score (nSPS) is 13.2. The largest absolute Gasteiger partial charge is 0.465 e. The Bertz CT molecular complexity index is 1480. The minimum Gasteiger partial charge on any atom is -0.465 e. The van der Waals surface area contributed by atoms with E-state index in [0.717, 1.165) is 29.0 Å². The molecule has 1 aromatic heterocycles.